The number of hydrogen-bond acceptors (Lipinski definition) is 5. The summed E-state index contributed by atoms with van der Waals surface area (Å²) in [5.74, 6) is -0.114. The van der Waals surface area contributed by atoms with Gasteiger partial charge in [0, 0.05) is 31.7 Å². The Labute approximate surface area is 157 Å². The third kappa shape index (κ3) is 3.59. The fourth-order valence-electron chi connectivity index (χ4n) is 3.24. The molecule has 1 amide bonds. The highest BCUT2D eigenvalue weighted by Crippen LogP contribution is 2.28. The van der Waals surface area contributed by atoms with Crippen LogP contribution in [0.25, 0.3) is 5.82 Å². The van der Waals surface area contributed by atoms with Crippen LogP contribution < -0.4 is 0 Å². The Morgan fingerprint density at radius 2 is 2.14 bits per heavy atom. The van der Waals surface area contributed by atoms with E-state index in [0.717, 1.165) is 25.1 Å². The molecule has 4 heterocycles. The first-order chi connectivity index (χ1) is 13.4. The molecule has 1 fully saturated rings. The van der Waals surface area contributed by atoms with Gasteiger partial charge in [0.05, 0.1) is 24.1 Å². The highest BCUT2D eigenvalue weighted by atomic mass is 19.4. The van der Waals surface area contributed by atoms with E-state index in [2.05, 4.69) is 20.3 Å². The first-order valence-corrected chi connectivity index (χ1v) is 8.64. The molecule has 0 spiro atoms. The third-order valence-electron chi connectivity index (χ3n) is 4.64. The SMILES string of the molecule is O=C(c1cn(-c2ccc(C(F)(F)F)cn2)nn1)N1CCCC1Cn1ccnc1. The van der Waals surface area contributed by atoms with Gasteiger partial charge in [-0.25, -0.2) is 14.6 Å². The standard InChI is InChI=1S/C17H16F3N7O/c18-17(19,20)12-3-4-15(22-8-12)27-10-14(23-24-27)16(28)26-6-1-2-13(26)9-25-7-5-21-11-25/h3-5,7-8,10-11,13H,1-2,6,9H2. The Hall–Kier alpha value is -3.24. The lowest BCUT2D eigenvalue weighted by molar-refractivity contribution is -0.137. The molecule has 11 heteroatoms. The van der Waals surface area contributed by atoms with Gasteiger partial charge in [-0.1, -0.05) is 5.21 Å². The molecule has 146 valence electrons. The second-order valence-corrected chi connectivity index (χ2v) is 6.51. The number of carbonyl (C=O) groups is 1. The second-order valence-electron chi connectivity index (χ2n) is 6.51. The molecular weight excluding hydrogens is 375 g/mol. The Bertz CT molecular complexity index is 950. The molecule has 0 bridgehead atoms. The van der Waals surface area contributed by atoms with E-state index >= 15 is 0 Å². The van der Waals surface area contributed by atoms with Gasteiger partial charge in [-0.3, -0.25) is 4.79 Å². The topological polar surface area (TPSA) is 81.7 Å². The van der Waals surface area contributed by atoms with Crippen LogP contribution in [0, 0.1) is 0 Å². The van der Waals surface area contributed by atoms with E-state index < -0.39 is 11.7 Å². The van der Waals surface area contributed by atoms with Gasteiger partial charge in [-0.05, 0) is 25.0 Å². The van der Waals surface area contributed by atoms with Crippen molar-refractivity contribution in [1.29, 1.82) is 0 Å². The summed E-state index contributed by atoms with van der Waals surface area (Å²) in [6.45, 7) is 1.25. The van der Waals surface area contributed by atoms with E-state index in [4.69, 9.17) is 0 Å². The van der Waals surface area contributed by atoms with Gasteiger partial charge in [-0.15, -0.1) is 5.10 Å². The highest BCUT2D eigenvalue weighted by Gasteiger charge is 2.32. The van der Waals surface area contributed by atoms with Crippen LogP contribution in [0.5, 0.6) is 0 Å². The van der Waals surface area contributed by atoms with Crippen LogP contribution in [0.2, 0.25) is 0 Å². The fourth-order valence-corrected chi connectivity index (χ4v) is 3.24. The zero-order chi connectivity index (χ0) is 19.7. The molecule has 0 N–H and O–H groups in total. The molecule has 4 rings (SSSR count). The first-order valence-electron chi connectivity index (χ1n) is 8.64. The minimum atomic E-state index is -4.46. The van der Waals surface area contributed by atoms with Crippen molar-refractivity contribution in [3.05, 3.63) is 54.5 Å². The number of amides is 1. The molecule has 0 aromatic carbocycles. The van der Waals surface area contributed by atoms with E-state index in [-0.39, 0.29) is 23.5 Å². The maximum Gasteiger partial charge on any atom is 0.417 e. The number of rotatable bonds is 4. The quantitative estimate of drug-likeness (QED) is 0.681. The van der Waals surface area contributed by atoms with E-state index in [9.17, 15) is 18.0 Å². The van der Waals surface area contributed by atoms with Crippen LogP contribution in [0.15, 0.2) is 43.2 Å². The maximum absolute atomic E-state index is 12.8. The molecular formula is C17H16F3N7O. The molecule has 1 aliphatic rings. The van der Waals surface area contributed by atoms with Crippen molar-refractivity contribution >= 4 is 5.91 Å². The summed E-state index contributed by atoms with van der Waals surface area (Å²) in [5, 5.41) is 7.71. The number of carbonyl (C=O) groups excluding carboxylic acids is 1. The van der Waals surface area contributed by atoms with E-state index in [1.54, 1.807) is 17.4 Å². The number of pyridine rings is 1. The van der Waals surface area contributed by atoms with Gasteiger partial charge in [0.2, 0.25) is 0 Å². The van der Waals surface area contributed by atoms with Gasteiger partial charge < -0.3 is 9.47 Å². The summed E-state index contributed by atoms with van der Waals surface area (Å²) in [6, 6.07) is 2.12. The van der Waals surface area contributed by atoms with Crippen molar-refractivity contribution in [3.63, 3.8) is 0 Å². The average molecular weight is 391 g/mol. The van der Waals surface area contributed by atoms with Gasteiger partial charge in [0.15, 0.2) is 11.5 Å². The Kier molecular flexibility index (Phi) is 4.57. The van der Waals surface area contributed by atoms with Crippen molar-refractivity contribution in [3.8, 4) is 5.82 Å². The van der Waals surface area contributed by atoms with Gasteiger partial charge in [-0.2, -0.15) is 13.2 Å². The smallest absolute Gasteiger partial charge is 0.335 e. The number of nitrogens with zero attached hydrogens (tertiary/aromatic N) is 7. The highest BCUT2D eigenvalue weighted by molar-refractivity contribution is 5.92. The van der Waals surface area contributed by atoms with E-state index in [0.29, 0.717) is 13.1 Å². The minimum Gasteiger partial charge on any atom is -0.335 e. The zero-order valence-electron chi connectivity index (χ0n) is 14.6. The molecule has 1 aliphatic heterocycles. The second kappa shape index (κ2) is 7.06. The first kappa shape index (κ1) is 18.1. The molecule has 3 aromatic heterocycles. The number of hydrogen-bond donors (Lipinski definition) is 0. The largest absolute Gasteiger partial charge is 0.417 e. The molecule has 0 saturated carbocycles. The molecule has 1 atom stereocenters. The van der Waals surface area contributed by atoms with Crippen LogP contribution in [0.4, 0.5) is 13.2 Å². The molecule has 0 aliphatic carbocycles. The number of imidazole rings is 1. The van der Waals surface area contributed by atoms with Crippen LogP contribution in [0.1, 0.15) is 28.9 Å². The molecule has 28 heavy (non-hydrogen) atoms. The predicted molar refractivity (Wildman–Crippen MR) is 90.4 cm³/mol. The summed E-state index contributed by atoms with van der Waals surface area (Å²) in [6.07, 6.45) is 4.63. The Balaban J connectivity index is 1.49. The number of alkyl halides is 3. The van der Waals surface area contributed by atoms with Crippen molar-refractivity contribution in [2.24, 2.45) is 0 Å². The molecule has 3 aromatic rings. The molecule has 1 unspecified atom stereocenters. The van der Waals surface area contributed by atoms with Crippen molar-refractivity contribution in [2.45, 2.75) is 31.6 Å². The minimum absolute atomic E-state index is 0.0241. The molecule has 8 nitrogen and oxygen atoms in total. The predicted octanol–water partition coefficient (Wildman–Crippen LogP) is 2.18. The van der Waals surface area contributed by atoms with Crippen molar-refractivity contribution in [2.75, 3.05) is 6.54 Å². The normalized spacial score (nSPS) is 17.2. The number of aromatic nitrogens is 6. The van der Waals surface area contributed by atoms with Crippen LogP contribution in [0.3, 0.4) is 0 Å². The Morgan fingerprint density at radius 3 is 2.82 bits per heavy atom. The van der Waals surface area contributed by atoms with Gasteiger partial charge in [0.25, 0.3) is 5.91 Å². The zero-order valence-corrected chi connectivity index (χ0v) is 14.6. The van der Waals surface area contributed by atoms with Crippen LogP contribution >= 0.6 is 0 Å². The summed E-state index contributed by atoms with van der Waals surface area (Å²) in [5.41, 5.74) is -0.730. The van der Waals surface area contributed by atoms with E-state index in [1.165, 1.54) is 16.9 Å². The lowest BCUT2D eigenvalue weighted by atomic mass is 10.2. The van der Waals surface area contributed by atoms with Gasteiger partial charge in [0.1, 0.15) is 0 Å². The number of halogens is 3. The monoisotopic (exact) mass is 391 g/mol. The molecule has 1 saturated heterocycles. The summed E-state index contributed by atoms with van der Waals surface area (Å²) in [4.78, 5) is 22.3. The summed E-state index contributed by atoms with van der Waals surface area (Å²) >= 11 is 0. The lowest BCUT2D eigenvalue weighted by Crippen LogP contribution is -2.38. The molecule has 0 radical (unpaired) electrons. The maximum atomic E-state index is 12.8. The summed E-state index contributed by atoms with van der Waals surface area (Å²) in [7, 11) is 0. The van der Waals surface area contributed by atoms with Crippen molar-refractivity contribution in [1.82, 2.24) is 34.4 Å². The van der Waals surface area contributed by atoms with E-state index in [1.807, 2.05) is 10.8 Å². The number of likely N-dealkylation sites (tertiary alicyclic amines) is 1. The van der Waals surface area contributed by atoms with Gasteiger partial charge >= 0.3 is 6.18 Å². The third-order valence-corrected chi connectivity index (χ3v) is 4.64. The van der Waals surface area contributed by atoms with Crippen LogP contribution in [-0.4, -0.2) is 52.9 Å². The van der Waals surface area contributed by atoms with Crippen molar-refractivity contribution < 1.29 is 18.0 Å². The Morgan fingerprint density at radius 1 is 1.29 bits per heavy atom. The summed E-state index contributed by atoms with van der Waals surface area (Å²) < 4.78 is 41.0. The van der Waals surface area contributed by atoms with Crippen LogP contribution in [-0.2, 0) is 12.7 Å². The average Bonchev–Trinajstić information content (AvgIpc) is 3.43. The fraction of sp³-hybridized carbons (Fsp3) is 0.353. The lowest BCUT2D eigenvalue weighted by Gasteiger charge is -2.24.